The Balaban J connectivity index is 1.09. The molecule has 8 aromatic rings. The Bertz CT molecular complexity index is 2490. The molecule has 49 heavy (non-hydrogen) atoms. The van der Waals surface area contributed by atoms with Crippen molar-refractivity contribution < 1.29 is 4.94 Å². The average Bonchev–Trinajstić information content (AvgIpc) is 3.68. The Morgan fingerprint density at radius 2 is 1.18 bits per heavy atom. The fourth-order valence-electron chi connectivity index (χ4n) is 6.95. The molecule has 1 aliphatic rings. The molecule has 0 saturated carbocycles. The van der Waals surface area contributed by atoms with Crippen molar-refractivity contribution in [2.75, 3.05) is 10.1 Å². The number of nitrogens with zero attached hydrogens (tertiary/aromatic N) is 4. The summed E-state index contributed by atoms with van der Waals surface area (Å²) in [5.41, 5.74) is 11.1. The van der Waals surface area contributed by atoms with Gasteiger partial charge in [-0.15, -0.1) is 4.94 Å². The van der Waals surface area contributed by atoms with Crippen LogP contribution >= 0.6 is 11.8 Å². The molecule has 0 atom stereocenters. The van der Waals surface area contributed by atoms with Gasteiger partial charge in [0.25, 0.3) is 0 Å². The van der Waals surface area contributed by atoms with Crippen molar-refractivity contribution in [1.82, 2.24) is 9.55 Å². The molecule has 0 spiro atoms. The van der Waals surface area contributed by atoms with Crippen LogP contribution in [0.4, 0.5) is 22.7 Å². The summed E-state index contributed by atoms with van der Waals surface area (Å²) in [6, 6.07) is 53.1. The molecule has 0 N–H and O–H groups in total. The zero-order valence-corrected chi connectivity index (χ0v) is 27.9. The van der Waals surface area contributed by atoms with E-state index in [1.165, 1.54) is 33.0 Å². The fraction of sp³-hybridized carbons (Fsp3) is 0.0465. The standard InChI is InChI=1S/C43H32N4OS/c1-29-12-10-13-30(2)43(29)31-24-25-44-42(26-31)45-38-19-7-6-18-36(38)37-23-22-35(28-41(37)45)49-34-17-11-16-33(27-34)47-40-21-9-8-20-39(40)46(48-47)32-14-4-3-5-15-32/h3-28H,1-2H3. The van der Waals surface area contributed by atoms with E-state index in [-0.39, 0.29) is 0 Å². The number of aryl methyl sites for hydroxylation is 2. The lowest BCUT2D eigenvalue weighted by atomic mass is 9.96. The number of fused-ring (bicyclic) bond motifs is 4. The van der Waals surface area contributed by atoms with Gasteiger partial charge in [-0.05, 0) is 109 Å². The minimum atomic E-state index is 0.906. The third-order valence-corrected chi connectivity index (χ3v) is 10.1. The normalized spacial score (nSPS) is 12.6. The number of hydrogen-bond donors (Lipinski definition) is 0. The molecule has 0 amide bonds. The largest absolute Gasteiger partial charge is 0.294 e. The Kier molecular flexibility index (Phi) is 7.19. The molecule has 3 heterocycles. The topological polar surface area (TPSA) is 33.5 Å². The molecular formula is C43H32N4OS. The number of rotatable bonds is 6. The molecule has 1 aliphatic heterocycles. The first-order chi connectivity index (χ1) is 24.1. The quantitative estimate of drug-likeness (QED) is 0.179. The Labute approximate surface area is 289 Å². The van der Waals surface area contributed by atoms with E-state index in [2.05, 4.69) is 140 Å². The van der Waals surface area contributed by atoms with Crippen molar-refractivity contribution in [3.63, 3.8) is 0 Å². The highest BCUT2D eigenvalue weighted by atomic mass is 32.2. The summed E-state index contributed by atoms with van der Waals surface area (Å²) in [6.45, 7) is 4.35. The predicted octanol–water partition coefficient (Wildman–Crippen LogP) is 11.8. The third kappa shape index (κ3) is 5.13. The maximum atomic E-state index is 6.47. The highest BCUT2D eigenvalue weighted by Gasteiger charge is 2.30. The second kappa shape index (κ2) is 12.0. The fourth-order valence-corrected chi connectivity index (χ4v) is 7.85. The van der Waals surface area contributed by atoms with Crippen molar-refractivity contribution in [2.45, 2.75) is 23.6 Å². The zero-order valence-electron chi connectivity index (χ0n) is 27.1. The zero-order chi connectivity index (χ0) is 32.9. The van der Waals surface area contributed by atoms with Gasteiger partial charge in [0.05, 0.1) is 33.8 Å². The number of pyridine rings is 1. The average molecular weight is 653 g/mol. The number of aromatic nitrogens is 2. The van der Waals surface area contributed by atoms with E-state index < -0.39 is 0 Å². The maximum Gasteiger partial charge on any atom is 0.138 e. The second-order valence-electron chi connectivity index (χ2n) is 12.3. The summed E-state index contributed by atoms with van der Waals surface area (Å²) in [7, 11) is 0. The van der Waals surface area contributed by atoms with Gasteiger partial charge in [0, 0.05) is 26.8 Å². The van der Waals surface area contributed by atoms with Crippen LogP contribution in [0.2, 0.25) is 0 Å². The molecule has 0 saturated heterocycles. The maximum absolute atomic E-state index is 6.47. The molecule has 6 heteroatoms. The molecule has 0 aliphatic carbocycles. The van der Waals surface area contributed by atoms with E-state index >= 15 is 0 Å². The lowest BCUT2D eigenvalue weighted by Gasteiger charge is -2.20. The van der Waals surface area contributed by atoms with Crippen LogP contribution in [0.1, 0.15) is 11.1 Å². The first kappa shape index (κ1) is 29.3. The monoisotopic (exact) mass is 652 g/mol. The number of benzene rings is 6. The molecular weight excluding hydrogens is 621 g/mol. The molecule has 6 aromatic carbocycles. The van der Waals surface area contributed by atoms with Crippen LogP contribution in [0.25, 0.3) is 38.8 Å². The van der Waals surface area contributed by atoms with E-state index in [0.29, 0.717) is 0 Å². The predicted molar refractivity (Wildman–Crippen MR) is 202 cm³/mol. The minimum Gasteiger partial charge on any atom is -0.294 e. The lowest BCUT2D eigenvalue weighted by molar-refractivity contribution is 0.156. The molecule has 9 rings (SSSR count). The number of hydrogen-bond acceptors (Lipinski definition) is 5. The number of anilines is 4. The molecule has 0 bridgehead atoms. The minimum absolute atomic E-state index is 0.906. The van der Waals surface area contributed by atoms with E-state index in [1.54, 1.807) is 11.8 Å². The van der Waals surface area contributed by atoms with Gasteiger partial charge in [0.2, 0.25) is 0 Å². The highest BCUT2D eigenvalue weighted by molar-refractivity contribution is 7.99. The molecule has 5 nitrogen and oxygen atoms in total. The van der Waals surface area contributed by atoms with Crippen molar-refractivity contribution in [3.05, 3.63) is 169 Å². The first-order valence-electron chi connectivity index (χ1n) is 16.4. The van der Waals surface area contributed by atoms with E-state index in [4.69, 9.17) is 9.92 Å². The summed E-state index contributed by atoms with van der Waals surface area (Å²) in [5.74, 6) is 0.906. The van der Waals surface area contributed by atoms with Crippen LogP contribution in [-0.2, 0) is 4.94 Å². The summed E-state index contributed by atoms with van der Waals surface area (Å²) in [5, 5.41) is 6.20. The summed E-state index contributed by atoms with van der Waals surface area (Å²) >= 11 is 1.74. The van der Waals surface area contributed by atoms with Crippen molar-refractivity contribution >= 4 is 56.3 Å². The van der Waals surface area contributed by atoms with Crippen molar-refractivity contribution in [2.24, 2.45) is 0 Å². The summed E-state index contributed by atoms with van der Waals surface area (Å²) in [6.07, 6.45) is 1.93. The van der Waals surface area contributed by atoms with Gasteiger partial charge < -0.3 is 0 Å². The molecule has 0 fully saturated rings. The van der Waals surface area contributed by atoms with Crippen LogP contribution in [0.15, 0.2) is 168 Å². The smallest absolute Gasteiger partial charge is 0.138 e. The van der Waals surface area contributed by atoms with Crippen LogP contribution < -0.4 is 10.1 Å². The molecule has 2 aromatic heterocycles. The van der Waals surface area contributed by atoms with Crippen LogP contribution in [0.5, 0.6) is 0 Å². The molecule has 0 unspecified atom stereocenters. The summed E-state index contributed by atoms with van der Waals surface area (Å²) in [4.78, 5) is 13.7. The van der Waals surface area contributed by atoms with Gasteiger partial charge in [-0.1, -0.05) is 90.6 Å². The van der Waals surface area contributed by atoms with Gasteiger partial charge in [0.1, 0.15) is 5.82 Å². The van der Waals surface area contributed by atoms with Gasteiger partial charge in [-0.25, -0.2) is 4.98 Å². The Hall–Kier alpha value is -5.82. The van der Waals surface area contributed by atoms with E-state index in [9.17, 15) is 0 Å². The highest BCUT2D eigenvalue weighted by Crippen LogP contribution is 2.46. The van der Waals surface area contributed by atoms with E-state index in [1.807, 2.05) is 46.7 Å². The molecule has 0 radical (unpaired) electrons. The lowest BCUT2D eigenvalue weighted by Crippen LogP contribution is -2.20. The van der Waals surface area contributed by atoms with E-state index in [0.717, 1.165) is 49.4 Å². The van der Waals surface area contributed by atoms with Crippen molar-refractivity contribution in [3.8, 4) is 16.9 Å². The second-order valence-corrected chi connectivity index (χ2v) is 13.4. The van der Waals surface area contributed by atoms with Gasteiger partial charge in [-0.3, -0.25) is 4.57 Å². The van der Waals surface area contributed by atoms with Gasteiger partial charge in [-0.2, -0.15) is 10.1 Å². The number of para-hydroxylation sites is 4. The van der Waals surface area contributed by atoms with Crippen LogP contribution in [0.3, 0.4) is 0 Å². The van der Waals surface area contributed by atoms with Gasteiger partial charge >= 0.3 is 0 Å². The Morgan fingerprint density at radius 1 is 0.531 bits per heavy atom. The van der Waals surface area contributed by atoms with Gasteiger partial charge in [0.15, 0.2) is 0 Å². The SMILES string of the molecule is Cc1cccc(C)c1-c1ccnc(-n2c3ccccc3c3ccc(Sc4cccc(N5ON(c6ccccc6)c6ccccc65)c4)cc32)c1. The Morgan fingerprint density at radius 3 is 2.00 bits per heavy atom. The van der Waals surface area contributed by atoms with Crippen LogP contribution in [0, 0.1) is 13.8 Å². The third-order valence-electron chi connectivity index (χ3n) is 9.15. The summed E-state index contributed by atoms with van der Waals surface area (Å²) < 4.78 is 2.30. The van der Waals surface area contributed by atoms with Crippen molar-refractivity contribution in [1.29, 1.82) is 0 Å². The molecule has 236 valence electrons. The van der Waals surface area contributed by atoms with Crippen LogP contribution in [-0.4, -0.2) is 9.55 Å². The first-order valence-corrected chi connectivity index (χ1v) is 17.2.